The predicted octanol–water partition coefficient (Wildman–Crippen LogP) is 2.64. The fourth-order valence-corrected chi connectivity index (χ4v) is 1.43. The first-order valence-corrected chi connectivity index (χ1v) is 4.94. The number of aromatic nitrogens is 1. The third-order valence-corrected chi connectivity index (χ3v) is 2.43. The van der Waals surface area contributed by atoms with Crippen molar-refractivity contribution in [3.05, 3.63) is 27.7 Å². The van der Waals surface area contributed by atoms with Crippen LogP contribution in [0.3, 0.4) is 0 Å². The van der Waals surface area contributed by atoms with Crippen molar-refractivity contribution >= 4 is 21.9 Å². The summed E-state index contributed by atoms with van der Waals surface area (Å²) in [5.41, 5.74) is -1.00. The Morgan fingerprint density at radius 2 is 2.25 bits per heavy atom. The number of methoxy groups -OCH3 is 1. The number of halogens is 4. The van der Waals surface area contributed by atoms with Gasteiger partial charge in [-0.05, 0) is 21.5 Å². The molecule has 0 bridgehead atoms. The van der Waals surface area contributed by atoms with Gasteiger partial charge in [-0.3, -0.25) is 4.79 Å². The lowest BCUT2D eigenvalue weighted by Crippen LogP contribution is -2.09. The van der Waals surface area contributed by atoms with Gasteiger partial charge in [-0.25, -0.2) is 18.2 Å². The van der Waals surface area contributed by atoms with Crippen LogP contribution >= 0.6 is 15.9 Å². The molecule has 0 amide bonds. The van der Waals surface area contributed by atoms with E-state index in [2.05, 4.69) is 25.7 Å². The van der Waals surface area contributed by atoms with Gasteiger partial charge in [-0.2, -0.15) is 0 Å². The molecule has 7 heteroatoms. The lowest BCUT2D eigenvalue weighted by Gasteiger charge is -2.09. The summed E-state index contributed by atoms with van der Waals surface area (Å²) in [4.78, 5) is 14.4. The predicted molar refractivity (Wildman–Crippen MR) is 52.6 cm³/mol. The van der Waals surface area contributed by atoms with Gasteiger partial charge in [0.2, 0.25) is 0 Å². The molecule has 0 aliphatic rings. The van der Waals surface area contributed by atoms with Gasteiger partial charge in [0, 0.05) is 6.20 Å². The van der Waals surface area contributed by atoms with Crippen LogP contribution in [0, 0.1) is 5.82 Å². The fraction of sp³-hybridized carbons (Fsp3) is 0.333. The molecular weight excluding hydrogens is 291 g/mol. The largest absolute Gasteiger partial charge is 0.469 e. The maximum absolute atomic E-state index is 13.3. The Morgan fingerprint density at radius 3 is 2.75 bits per heavy atom. The number of nitrogens with zero attached hydrogens (tertiary/aromatic N) is 1. The number of alkyl halides is 2. The molecule has 0 radical (unpaired) electrons. The minimum absolute atomic E-state index is 0.178. The van der Waals surface area contributed by atoms with Gasteiger partial charge in [-0.15, -0.1) is 0 Å². The molecule has 16 heavy (non-hydrogen) atoms. The van der Waals surface area contributed by atoms with Crippen LogP contribution in [0.5, 0.6) is 0 Å². The average Bonchev–Trinajstić information content (AvgIpc) is 2.23. The number of rotatable bonds is 3. The summed E-state index contributed by atoms with van der Waals surface area (Å²) < 4.78 is 42.5. The van der Waals surface area contributed by atoms with E-state index in [-0.39, 0.29) is 10.2 Å². The SMILES string of the molecule is COC(=O)Cc1cnc(Br)c(F)c1C(F)F. The molecule has 88 valence electrons. The van der Waals surface area contributed by atoms with Gasteiger partial charge < -0.3 is 4.74 Å². The van der Waals surface area contributed by atoms with Gasteiger partial charge in [0.05, 0.1) is 19.1 Å². The van der Waals surface area contributed by atoms with E-state index >= 15 is 0 Å². The molecule has 3 nitrogen and oxygen atoms in total. The van der Waals surface area contributed by atoms with Crippen LogP contribution < -0.4 is 0 Å². The van der Waals surface area contributed by atoms with E-state index in [9.17, 15) is 18.0 Å². The number of pyridine rings is 1. The first kappa shape index (κ1) is 13.0. The van der Waals surface area contributed by atoms with Crippen molar-refractivity contribution in [3.63, 3.8) is 0 Å². The first-order chi connectivity index (χ1) is 7.47. The minimum Gasteiger partial charge on any atom is -0.469 e. The van der Waals surface area contributed by atoms with E-state index in [1.54, 1.807) is 0 Å². The summed E-state index contributed by atoms with van der Waals surface area (Å²) in [6.07, 6.45) is -2.43. The van der Waals surface area contributed by atoms with Crippen molar-refractivity contribution in [1.82, 2.24) is 4.98 Å². The number of hydrogen-bond acceptors (Lipinski definition) is 3. The Morgan fingerprint density at radius 1 is 1.62 bits per heavy atom. The molecule has 0 aliphatic carbocycles. The van der Waals surface area contributed by atoms with Gasteiger partial charge >= 0.3 is 5.97 Å². The molecule has 0 saturated heterocycles. The monoisotopic (exact) mass is 297 g/mol. The molecule has 0 N–H and O–H groups in total. The molecule has 0 fully saturated rings. The molecular formula is C9H7BrF3NO2. The van der Waals surface area contributed by atoms with E-state index in [1.165, 1.54) is 0 Å². The van der Waals surface area contributed by atoms with Crippen LogP contribution in [-0.4, -0.2) is 18.1 Å². The summed E-state index contributed by atoms with van der Waals surface area (Å²) in [7, 11) is 1.12. The number of esters is 1. The van der Waals surface area contributed by atoms with E-state index in [1.807, 2.05) is 0 Å². The van der Waals surface area contributed by atoms with Crippen molar-refractivity contribution in [2.75, 3.05) is 7.11 Å². The number of carbonyl (C=O) groups is 1. The molecule has 0 spiro atoms. The highest BCUT2D eigenvalue weighted by molar-refractivity contribution is 9.10. The second kappa shape index (κ2) is 5.29. The number of carbonyl (C=O) groups excluding carboxylic acids is 1. The van der Waals surface area contributed by atoms with Crippen LogP contribution in [0.25, 0.3) is 0 Å². The smallest absolute Gasteiger partial charge is 0.310 e. The normalized spacial score (nSPS) is 10.6. The molecule has 1 aromatic rings. The number of hydrogen-bond donors (Lipinski definition) is 0. The van der Waals surface area contributed by atoms with Crippen molar-refractivity contribution in [3.8, 4) is 0 Å². The Bertz CT molecular complexity index is 412. The minimum atomic E-state index is -3.01. The van der Waals surface area contributed by atoms with Gasteiger partial charge in [0.1, 0.15) is 4.60 Å². The standard InChI is InChI=1S/C9H7BrF3NO2/c1-16-5(15)2-4-3-14-8(10)7(11)6(4)9(12)13/h3,9H,2H2,1H3. The maximum atomic E-state index is 13.3. The molecule has 1 aromatic heterocycles. The van der Waals surface area contributed by atoms with Crippen molar-refractivity contribution < 1.29 is 22.7 Å². The van der Waals surface area contributed by atoms with Gasteiger partial charge in [-0.1, -0.05) is 0 Å². The summed E-state index contributed by atoms with van der Waals surface area (Å²) >= 11 is 2.70. The summed E-state index contributed by atoms with van der Waals surface area (Å²) in [6.45, 7) is 0. The van der Waals surface area contributed by atoms with Gasteiger partial charge in [0.25, 0.3) is 6.43 Å². The molecule has 0 aromatic carbocycles. The highest BCUT2D eigenvalue weighted by atomic mass is 79.9. The second-order valence-corrected chi connectivity index (χ2v) is 3.61. The molecule has 0 aliphatic heterocycles. The van der Waals surface area contributed by atoms with Crippen LogP contribution in [0.1, 0.15) is 17.6 Å². The van der Waals surface area contributed by atoms with Crippen molar-refractivity contribution in [2.24, 2.45) is 0 Å². The van der Waals surface area contributed by atoms with Crippen LogP contribution in [-0.2, 0) is 16.0 Å². The molecule has 1 rings (SSSR count). The molecule has 1 heterocycles. The lowest BCUT2D eigenvalue weighted by molar-refractivity contribution is -0.139. The third-order valence-electron chi connectivity index (χ3n) is 1.88. The summed E-state index contributed by atoms with van der Waals surface area (Å²) in [5.74, 6) is -1.89. The van der Waals surface area contributed by atoms with E-state index in [0.29, 0.717) is 0 Å². The Hall–Kier alpha value is -1.11. The molecule has 0 atom stereocenters. The van der Waals surface area contributed by atoms with E-state index in [0.717, 1.165) is 13.3 Å². The van der Waals surface area contributed by atoms with E-state index in [4.69, 9.17) is 0 Å². The van der Waals surface area contributed by atoms with Crippen LogP contribution in [0.4, 0.5) is 13.2 Å². The zero-order valence-corrected chi connectivity index (χ0v) is 9.72. The van der Waals surface area contributed by atoms with Crippen molar-refractivity contribution in [1.29, 1.82) is 0 Å². The topological polar surface area (TPSA) is 39.2 Å². The third kappa shape index (κ3) is 2.72. The number of ether oxygens (including phenoxy) is 1. The Balaban J connectivity index is 3.18. The quantitative estimate of drug-likeness (QED) is 0.636. The zero-order valence-electron chi connectivity index (χ0n) is 8.14. The zero-order chi connectivity index (χ0) is 12.3. The lowest BCUT2D eigenvalue weighted by atomic mass is 10.1. The van der Waals surface area contributed by atoms with Crippen LogP contribution in [0.2, 0.25) is 0 Å². The highest BCUT2D eigenvalue weighted by Crippen LogP contribution is 2.29. The Labute approximate surface area is 97.8 Å². The maximum Gasteiger partial charge on any atom is 0.310 e. The second-order valence-electron chi connectivity index (χ2n) is 2.86. The van der Waals surface area contributed by atoms with Crippen LogP contribution in [0.15, 0.2) is 10.8 Å². The average molecular weight is 298 g/mol. The first-order valence-electron chi connectivity index (χ1n) is 4.15. The summed E-state index contributed by atoms with van der Waals surface area (Å²) in [5, 5.41) is 0. The highest BCUT2D eigenvalue weighted by Gasteiger charge is 2.22. The van der Waals surface area contributed by atoms with E-state index < -0.39 is 30.2 Å². The molecule has 0 unspecified atom stereocenters. The Kier molecular flexibility index (Phi) is 4.28. The van der Waals surface area contributed by atoms with Crippen molar-refractivity contribution in [2.45, 2.75) is 12.8 Å². The summed E-state index contributed by atoms with van der Waals surface area (Å²) in [6, 6.07) is 0. The van der Waals surface area contributed by atoms with Gasteiger partial charge in [0.15, 0.2) is 5.82 Å². The fourth-order valence-electron chi connectivity index (χ4n) is 1.12. The molecule has 0 saturated carbocycles.